The number of alkyl halides is 3. The van der Waals surface area contributed by atoms with Crippen LogP contribution in [0, 0.1) is 0 Å². The van der Waals surface area contributed by atoms with Gasteiger partial charge in [-0.15, -0.1) is 35.3 Å². The Balaban J connectivity index is 0.00000729. The van der Waals surface area contributed by atoms with E-state index in [1.165, 1.54) is 11.4 Å². The number of aromatic nitrogens is 1. The predicted molar refractivity (Wildman–Crippen MR) is 117 cm³/mol. The molecule has 0 unspecified atom stereocenters. The van der Waals surface area contributed by atoms with Crippen LogP contribution in [0.1, 0.15) is 31.0 Å². The number of hydrogen-bond donors (Lipinski definition) is 2. The molecule has 28 heavy (non-hydrogen) atoms. The normalized spacial score (nSPS) is 12.8. The molecular formula is C15H27F3IN5O2S2. The van der Waals surface area contributed by atoms with Crippen molar-refractivity contribution < 1.29 is 21.6 Å². The summed E-state index contributed by atoms with van der Waals surface area (Å²) >= 11 is 0.977. The lowest BCUT2D eigenvalue weighted by molar-refractivity contribution is -0.140. The fourth-order valence-corrected chi connectivity index (χ4v) is 3.68. The Labute approximate surface area is 185 Å². The SMILES string of the molecule is CCNC(=NCCCN(C)S(=O)(=O)CC)NCCc1nc(C(F)(F)F)cs1.I. The summed E-state index contributed by atoms with van der Waals surface area (Å²) in [6.45, 7) is 5.31. The summed E-state index contributed by atoms with van der Waals surface area (Å²) in [5, 5.41) is 7.49. The molecule has 0 aliphatic heterocycles. The van der Waals surface area contributed by atoms with Crippen LogP contribution in [0.25, 0.3) is 0 Å². The average molecular weight is 557 g/mol. The smallest absolute Gasteiger partial charge is 0.357 e. The lowest BCUT2D eigenvalue weighted by Gasteiger charge is -2.15. The number of nitrogens with one attached hydrogen (secondary N) is 2. The minimum atomic E-state index is -4.42. The van der Waals surface area contributed by atoms with Crippen molar-refractivity contribution in [2.75, 3.05) is 39.0 Å². The van der Waals surface area contributed by atoms with Crippen LogP contribution in [0.3, 0.4) is 0 Å². The first-order valence-corrected chi connectivity index (χ1v) is 11.1. The molecule has 1 aromatic rings. The van der Waals surface area contributed by atoms with Crippen molar-refractivity contribution >= 4 is 51.3 Å². The van der Waals surface area contributed by atoms with Crippen LogP contribution in [0.5, 0.6) is 0 Å². The molecule has 0 fully saturated rings. The molecule has 1 aromatic heterocycles. The molecule has 1 heterocycles. The zero-order chi connectivity index (χ0) is 20.5. The summed E-state index contributed by atoms with van der Waals surface area (Å²) < 4.78 is 62.2. The molecule has 0 aromatic carbocycles. The Kier molecular flexibility index (Phi) is 12.5. The zero-order valence-electron chi connectivity index (χ0n) is 16.0. The van der Waals surface area contributed by atoms with E-state index in [0.29, 0.717) is 50.0 Å². The van der Waals surface area contributed by atoms with Crippen LogP contribution in [0.15, 0.2) is 10.4 Å². The van der Waals surface area contributed by atoms with Gasteiger partial charge in [-0.1, -0.05) is 0 Å². The van der Waals surface area contributed by atoms with Gasteiger partial charge in [0, 0.05) is 45.0 Å². The molecule has 13 heteroatoms. The molecule has 0 amide bonds. The fraction of sp³-hybridized carbons (Fsp3) is 0.733. The Morgan fingerprint density at radius 1 is 1.32 bits per heavy atom. The van der Waals surface area contributed by atoms with Crippen LogP contribution in [-0.4, -0.2) is 62.6 Å². The van der Waals surface area contributed by atoms with Gasteiger partial charge in [-0.2, -0.15) is 13.2 Å². The molecule has 7 nitrogen and oxygen atoms in total. The summed E-state index contributed by atoms with van der Waals surface area (Å²) in [6.07, 6.45) is -3.51. The average Bonchev–Trinajstić information content (AvgIpc) is 3.07. The summed E-state index contributed by atoms with van der Waals surface area (Å²) in [6, 6.07) is 0. The number of guanidine groups is 1. The molecule has 0 spiro atoms. The van der Waals surface area contributed by atoms with Crippen LogP contribution in [-0.2, 0) is 22.6 Å². The molecule has 0 saturated heterocycles. The second-order valence-electron chi connectivity index (χ2n) is 5.64. The third kappa shape index (κ3) is 9.69. The first kappa shape index (κ1) is 27.3. The van der Waals surface area contributed by atoms with Gasteiger partial charge >= 0.3 is 6.18 Å². The van der Waals surface area contributed by atoms with Gasteiger partial charge in [0.2, 0.25) is 10.0 Å². The molecular weight excluding hydrogens is 530 g/mol. The minimum absolute atomic E-state index is 0. The number of aliphatic imine (C=N–C) groups is 1. The van der Waals surface area contributed by atoms with Gasteiger partial charge in [-0.25, -0.2) is 17.7 Å². The molecule has 1 rings (SSSR count). The van der Waals surface area contributed by atoms with Crippen LogP contribution >= 0.6 is 35.3 Å². The van der Waals surface area contributed by atoms with E-state index in [4.69, 9.17) is 0 Å². The number of rotatable bonds is 10. The summed E-state index contributed by atoms with van der Waals surface area (Å²) in [5.74, 6) is 0.593. The van der Waals surface area contributed by atoms with Gasteiger partial charge in [-0.05, 0) is 20.3 Å². The maximum atomic E-state index is 12.5. The maximum Gasteiger partial charge on any atom is 0.434 e. The van der Waals surface area contributed by atoms with Gasteiger partial charge in [0.15, 0.2) is 11.7 Å². The standard InChI is InChI=1S/C15H26F3N5O2S2.HI/c1-4-19-14(20-8-6-10-23(3)27(24,25)5-2)21-9-7-13-22-12(11-26-13)15(16,17)18;/h11H,4-10H2,1-3H3,(H2,19,20,21);1H. The first-order chi connectivity index (χ1) is 12.6. The zero-order valence-corrected chi connectivity index (χ0v) is 20.0. The van der Waals surface area contributed by atoms with Gasteiger partial charge in [0.1, 0.15) is 0 Å². The predicted octanol–water partition coefficient (Wildman–Crippen LogP) is 2.55. The summed E-state index contributed by atoms with van der Waals surface area (Å²) in [4.78, 5) is 7.93. The Bertz CT molecular complexity index is 711. The molecule has 0 aliphatic carbocycles. The van der Waals surface area contributed by atoms with Gasteiger partial charge in [0.25, 0.3) is 0 Å². The molecule has 0 atom stereocenters. The highest BCUT2D eigenvalue weighted by molar-refractivity contribution is 14.0. The van der Waals surface area contributed by atoms with E-state index in [0.717, 1.165) is 16.7 Å². The van der Waals surface area contributed by atoms with Gasteiger partial charge < -0.3 is 10.6 Å². The van der Waals surface area contributed by atoms with E-state index in [-0.39, 0.29) is 29.7 Å². The van der Waals surface area contributed by atoms with Crippen molar-refractivity contribution in [3.05, 3.63) is 16.1 Å². The van der Waals surface area contributed by atoms with Crippen LogP contribution in [0.4, 0.5) is 13.2 Å². The molecule has 0 saturated carbocycles. The number of sulfonamides is 1. The fourth-order valence-electron chi connectivity index (χ4n) is 2.03. The number of hydrogen-bond acceptors (Lipinski definition) is 5. The van der Waals surface area contributed by atoms with E-state index in [1.54, 1.807) is 6.92 Å². The molecule has 0 aliphatic rings. The number of halogens is 4. The van der Waals surface area contributed by atoms with E-state index >= 15 is 0 Å². The second-order valence-corrected chi connectivity index (χ2v) is 8.94. The van der Waals surface area contributed by atoms with Crippen molar-refractivity contribution in [1.29, 1.82) is 0 Å². The molecule has 0 bridgehead atoms. The van der Waals surface area contributed by atoms with Crippen molar-refractivity contribution in [2.45, 2.75) is 32.9 Å². The second kappa shape index (κ2) is 12.8. The van der Waals surface area contributed by atoms with Crippen LogP contribution in [0.2, 0.25) is 0 Å². The Hall–Kier alpha value is -0.670. The van der Waals surface area contributed by atoms with E-state index in [1.807, 2.05) is 6.92 Å². The Morgan fingerprint density at radius 2 is 2.00 bits per heavy atom. The van der Waals surface area contributed by atoms with Gasteiger partial charge in [-0.3, -0.25) is 4.99 Å². The first-order valence-electron chi connectivity index (χ1n) is 8.58. The molecule has 164 valence electrons. The lowest BCUT2D eigenvalue weighted by atomic mass is 10.4. The largest absolute Gasteiger partial charge is 0.434 e. The van der Waals surface area contributed by atoms with Crippen LogP contribution < -0.4 is 10.6 Å². The monoisotopic (exact) mass is 557 g/mol. The topological polar surface area (TPSA) is 86.7 Å². The highest BCUT2D eigenvalue weighted by atomic mass is 127. The quantitative estimate of drug-likeness (QED) is 0.200. The Morgan fingerprint density at radius 3 is 2.54 bits per heavy atom. The third-order valence-electron chi connectivity index (χ3n) is 3.56. The number of nitrogens with zero attached hydrogens (tertiary/aromatic N) is 3. The van der Waals surface area contributed by atoms with Crippen molar-refractivity contribution in [1.82, 2.24) is 19.9 Å². The summed E-state index contributed by atoms with van der Waals surface area (Å²) in [7, 11) is -1.66. The van der Waals surface area contributed by atoms with E-state index in [9.17, 15) is 21.6 Å². The highest BCUT2D eigenvalue weighted by Gasteiger charge is 2.33. The van der Waals surface area contributed by atoms with Crippen molar-refractivity contribution in [2.24, 2.45) is 4.99 Å². The highest BCUT2D eigenvalue weighted by Crippen LogP contribution is 2.29. The van der Waals surface area contributed by atoms with Crippen molar-refractivity contribution in [3.8, 4) is 0 Å². The third-order valence-corrected chi connectivity index (χ3v) is 6.33. The van der Waals surface area contributed by atoms with E-state index < -0.39 is 21.9 Å². The molecule has 2 N–H and O–H groups in total. The van der Waals surface area contributed by atoms with E-state index in [2.05, 4.69) is 20.6 Å². The molecule has 0 radical (unpaired) electrons. The lowest BCUT2D eigenvalue weighted by Crippen LogP contribution is -2.38. The summed E-state index contributed by atoms with van der Waals surface area (Å²) in [5.41, 5.74) is -0.866. The van der Waals surface area contributed by atoms with Gasteiger partial charge in [0.05, 0.1) is 10.8 Å². The number of thiazole rings is 1. The van der Waals surface area contributed by atoms with Crippen molar-refractivity contribution in [3.63, 3.8) is 0 Å². The maximum absolute atomic E-state index is 12.5. The minimum Gasteiger partial charge on any atom is -0.357 e.